The summed E-state index contributed by atoms with van der Waals surface area (Å²) in [6.07, 6.45) is -0.670. The molecular formula is C20H21FN2O5. The van der Waals surface area contributed by atoms with E-state index in [1.54, 1.807) is 19.1 Å². The van der Waals surface area contributed by atoms with Gasteiger partial charge in [0.1, 0.15) is 5.82 Å². The van der Waals surface area contributed by atoms with Crippen LogP contribution in [0.15, 0.2) is 24.3 Å². The smallest absolute Gasteiger partial charge is 0.203 e. The molecule has 0 spiro atoms. The van der Waals surface area contributed by atoms with Crippen LogP contribution in [0.1, 0.15) is 25.5 Å². The highest BCUT2D eigenvalue weighted by Crippen LogP contribution is 2.44. The zero-order chi connectivity index (χ0) is 20.2. The Hall–Kier alpha value is -2.84. The number of aromatic nitrogens is 2. The lowest BCUT2D eigenvalue weighted by Crippen LogP contribution is -2.49. The molecule has 1 aliphatic rings. The number of aromatic hydroxyl groups is 2. The van der Waals surface area contributed by atoms with E-state index in [0.717, 1.165) is 0 Å². The zero-order valence-electron chi connectivity index (χ0n) is 15.7. The first kappa shape index (κ1) is 18.5. The van der Waals surface area contributed by atoms with Crippen LogP contribution < -0.4 is 4.74 Å². The molecule has 1 aromatic heterocycles. The van der Waals surface area contributed by atoms with Crippen molar-refractivity contribution in [1.82, 2.24) is 9.55 Å². The number of benzene rings is 2. The van der Waals surface area contributed by atoms with Gasteiger partial charge in [-0.25, -0.2) is 9.37 Å². The Kier molecular flexibility index (Phi) is 4.20. The van der Waals surface area contributed by atoms with E-state index in [0.29, 0.717) is 29.8 Å². The third-order valence-corrected chi connectivity index (χ3v) is 5.17. The standard InChI is InChI=1S/C20H21FN2O5/c1-10(24)11-4-5-13-14(6-11)23(20(2)8-28-9-20)19(22-13)12-7-15(27-3)17(25)18(26)16(12)21/h4-7,10,24-26H,8-9H2,1-3H3. The molecule has 0 amide bonds. The number of imidazole rings is 1. The van der Waals surface area contributed by atoms with Gasteiger partial charge in [-0.1, -0.05) is 6.07 Å². The third-order valence-electron chi connectivity index (χ3n) is 5.17. The number of hydrogen-bond acceptors (Lipinski definition) is 6. The molecule has 2 heterocycles. The second-order valence-corrected chi connectivity index (χ2v) is 7.32. The minimum atomic E-state index is -0.991. The summed E-state index contributed by atoms with van der Waals surface area (Å²) in [6.45, 7) is 4.45. The van der Waals surface area contributed by atoms with Crippen LogP contribution in [0.5, 0.6) is 17.2 Å². The van der Waals surface area contributed by atoms with Gasteiger partial charge < -0.3 is 29.4 Å². The SMILES string of the molecule is COc1cc(-c2nc3ccc(C(C)O)cc3n2C2(C)COC2)c(F)c(O)c1O. The molecule has 4 rings (SSSR count). The van der Waals surface area contributed by atoms with Crippen molar-refractivity contribution in [2.24, 2.45) is 0 Å². The van der Waals surface area contributed by atoms with Crippen LogP contribution in [0.4, 0.5) is 4.39 Å². The molecule has 1 saturated heterocycles. The highest BCUT2D eigenvalue weighted by Gasteiger charge is 2.39. The summed E-state index contributed by atoms with van der Waals surface area (Å²) in [5.41, 5.74) is 1.54. The van der Waals surface area contributed by atoms with Crippen LogP contribution in [0.3, 0.4) is 0 Å². The van der Waals surface area contributed by atoms with Crippen molar-refractivity contribution in [2.45, 2.75) is 25.5 Å². The summed E-state index contributed by atoms with van der Waals surface area (Å²) in [6, 6.07) is 6.64. The number of aliphatic hydroxyl groups is 1. The predicted molar refractivity (Wildman–Crippen MR) is 100 cm³/mol. The van der Waals surface area contributed by atoms with E-state index < -0.39 is 29.0 Å². The van der Waals surface area contributed by atoms with Gasteiger partial charge in [-0.2, -0.15) is 0 Å². The monoisotopic (exact) mass is 388 g/mol. The van der Waals surface area contributed by atoms with Gasteiger partial charge in [0, 0.05) is 0 Å². The van der Waals surface area contributed by atoms with Crippen molar-refractivity contribution in [1.29, 1.82) is 0 Å². The first-order chi connectivity index (χ1) is 13.3. The van der Waals surface area contributed by atoms with E-state index >= 15 is 0 Å². The Morgan fingerprint density at radius 1 is 1.25 bits per heavy atom. The number of nitrogens with zero attached hydrogens (tertiary/aromatic N) is 2. The van der Waals surface area contributed by atoms with E-state index in [-0.39, 0.29) is 17.1 Å². The average Bonchev–Trinajstić information content (AvgIpc) is 3.03. The van der Waals surface area contributed by atoms with Gasteiger partial charge in [-0.05, 0) is 37.6 Å². The summed E-state index contributed by atoms with van der Waals surface area (Å²) >= 11 is 0. The van der Waals surface area contributed by atoms with Crippen LogP contribution in [0, 0.1) is 5.82 Å². The lowest BCUT2D eigenvalue weighted by Gasteiger charge is -2.41. The minimum Gasteiger partial charge on any atom is -0.502 e. The number of fused-ring (bicyclic) bond motifs is 1. The van der Waals surface area contributed by atoms with Gasteiger partial charge in [0.15, 0.2) is 17.3 Å². The Bertz CT molecular complexity index is 1070. The normalized spacial score (nSPS) is 16.8. The molecule has 1 aliphatic heterocycles. The summed E-state index contributed by atoms with van der Waals surface area (Å²) in [5.74, 6) is -2.34. The molecule has 1 atom stereocenters. The molecule has 0 saturated carbocycles. The molecule has 0 bridgehead atoms. The maximum absolute atomic E-state index is 14.9. The van der Waals surface area contributed by atoms with Crippen LogP contribution >= 0.6 is 0 Å². The first-order valence-corrected chi connectivity index (χ1v) is 8.84. The van der Waals surface area contributed by atoms with Crippen molar-refractivity contribution in [2.75, 3.05) is 20.3 Å². The molecule has 7 nitrogen and oxygen atoms in total. The number of rotatable bonds is 4. The number of hydrogen-bond donors (Lipinski definition) is 3. The number of phenols is 2. The van der Waals surface area contributed by atoms with Gasteiger partial charge in [0.25, 0.3) is 0 Å². The quantitative estimate of drug-likeness (QED) is 0.595. The molecule has 1 unspecified atom stereocenters. The Labute approximate surface area is 160 Å². The van der Waals surface area contributed by atoms with E-state index in [1.807, 2.05) is 17.6 Å². The minimum absolute atomic E-state index is 0.00456. The lowest BCUT2D eigenvalue weighted by atomic mass is 9.98. The van der Waals surface area contributed by atoms with Gasteiger partial charge in [0.05, 0.1) is 48.6 Å². The maximum Gasteiger partial charge on any atom is 0.203 e. The van der Waals surface area contributed by atoms with Crippen LogP contribution in [0.2, 0.25) is 0 Å². The van der Waals surface area contributed by atoms with Crippen molar-refractivity contribution in [3.8, 4) is 28.6 Å². The first-order valence-electron chi connectivity index (χ1n) is 8.84. The van der Waals surface area contributed by atoms with Crippen molar-refractivity contribution in [3.05, 3.63) is 35.6 Å². The van der Waals surface area contributed by atoms with Crippen LogP contribution in [-0.2, 0) is 10.3 Å². The summed E-state index contributed by atoms with van der Waals surface area (Å²) in [7, 11) is 1.31. The summed E-state index contributed by atoms with van der Waals surface area (Å²) in [4.78, 5) is 4.58. The maximum atomic E-state index is 14.9. The van der Waals surface area contributed by atoms with Crippen molar-refractivity contribution in [3.63, 3.8) is 0 Å². The number of halogens is 1. The van der Waals surface area contributed by atoms with Gasteiger partial charge >= 0.3 is 0 Å². The van der Waals surface area contributed by atoms with Gasteiger partial charge in [-0.3, -0.25) is 0 Å². The molecule has 8 heteroatoms. The molecular weight excluding hydrogens is 367 g/mol. The second kappa shape index (κ2) is 6.35. The van der Waals surface area contributed by atoms with E-state index in [1.165, 1.54) is 13.2 Å². The van der Waals surface area contributed by atoms with Crippen molar-refractivity contribution < 1.29 is 29.2 Å². The van der Waals surface area contributed by atoms with E-state index in [9.17, 15) is 19.7 Å². The number of phenolic OH excluding ortho intramolecular Hbond substituents is 2. The van der Waals surface area contributed by atoms with E-state index in [4.69, 9.17) is 9.47 Å². The molecule has 1 fully saturated rings. The topological polar surface area (TPSA) is 97.0 Å². The molecule has 0 radical (unpaired) electrons. The van der Waals surface area contributed by atoms with E-state index in [2.05, 4.69) is 4.98 Å². The zero-order valence-corrected chi connectivity index (χ0v) is 15.7. The molecule has 3 aromatic rings. The van der Waals surface area contributed by atoms with Gasteiger partial charge in [0.2, 0.25) is 5.75 Å². The summed E-state index contributed by atoms with van der Waals surface area (Å²) < 4.78 is 27.2. The fourth-order valence-electron chi connectivity index (χ4n) is 3.54. The van der Waals surface area contributed by atoms with Crippen molar-refractivity contribution >= 4 is 11.0 Å². The van der Waals surface area contributed by atoms with Crippen LogP contribution in [0.25, 0.3) is 22.4 Å². The number of aliphatic hydroxyl groups excluding tert-OH is 1. The number of methoxy groups -OCH3 is 1. The van der Waals surface area contributed by atoms with Crippen LogP contribution in [-0.4, -0.2) is 45.2 Å². The fourth-order valence-corrected chi connectivity index (χ4v) is 3.54. The Balaban J connectivity index is 2.05. The number of ether oxygens (including phenoxy) is 2. The summed E-state index contributed by atoms with van der Waals surface area (Å²) in [5, 5.41) is 29.9. The highest BCUT2D eigenvalue weighted by atomic mass is 19.1. The molecule has 28 heavy (non-hydrogen) atoms. The predicted octanol–water partition coefficient (Wildman–Crippen LogP) is 3.06. The molecule has 0 aliphatic carbocycles. The average molecular weight is 388 g/mol. The molecule has 148 valence electrons. The fraction of sp³-hybridized carbons (Fsp3) is 0.350. The third kappa shape index (κ3) is 2.60. The Morgan fingerprint density at radius 3 is 2.54 bits per heavy atom. The Morgan fingerprint density at radius 2 is 1.96 bits per heavy atom. The second-order valence-electron chi connectivity index (χ2n) is 7.32. The molecule has 3 N–H and O–H groups in total. The van der Waals surface area contributed by atoms with Gasteiger partial charge in [-0.15, -0.1) is 0 Å². The largest absolute Gasteiger partial charge is 0.502 e. The molecule has 2 aromatic carbocycles. The lowest BCUT2D eigenvalue weighted by molar-refractivity contribution is -0.0868. The highest BCUT2D eigenvalue weighted by molar-refractivity contribution is 5.83.